The van der Waals surface area contributed by atoms with Gasteiger partial charge in [0, 0.05) is 69.3 Å². The van der Waals surface area contributed by atoms with Crippen LogP contribution in [0.5, 0.6) is 0 Å². The molecule has 1 saturated carbocycles. The van der Waals surface area contributed by atoms with Gasteiger partial charge < -0.3 is 26.0 Å². The number of anilines is 1. The van der Waals surface area contributed by atoms with Gasteiger partial charge >= 0.3 is 0 Å². The van der Waals surface area contributed by atoms with Crippen LogP contribution in [0.1, 0.15) is 58.8 Å². The lowest BCUT2D eigenvalue weighted by molar-refractivity contribution is 0.0272. The van der Waals surface area contributed by atoms with E-state index in [0.717, 1.165) is 75.0 Å². The molecule has 3 aliphatic rings. The normalized spacial score (nSPS) is 21.9. The van der Waals surface area contributed by atoms with E-state index >= 15 is 0 Å². The highest BCUT2D eigenvalue weighted by Crippen LogP contribution is 2.38. The number of fused-ring (bicyclic) bond motifs is 1. The second-order valence-corrected chi connectivity index (χ2v) is 13.8. The number of aliphatic hydroxyl groups excluding tert-OH is 2. The van der Waals surface area contributed by atoms with Crippen molar-refractivity contribution in [3.8, 4) is 22.3 Å². The first-order valence-electron chi connectivity index (χ1n) is 17.5. The summed E-state index contributed by atoms with van der Waals surface area (Å²) in [7, 11) is 1.85. The van der Waals surface area contributed by atoms with Crippen molar-refractivity contribution in [3.05, 3.63) is 89.4 Å². The van der Waals surface area contributed by atoms with Crippen molar-refractivity contribution in [2.24, 2.45) is 7.05 Å². The monoisotopic (exact) mass is 665 g/mol. The van der Waals surface area contributed by atoms with Gasteiger partial charge in [-0.2, -0.15) is 5.10 Å². The van der Waals surface area contributed by atoms with E-state index in [9.17, 15) is 15.0 Å². The first-order chi connectivity index (χ1) is 23.8. The molecule has 2 aliphatic carbocycles. The molecule has 1 saturated heterocycles. The number of aliphatic hydroxyl groups is 2. The first-order valence-corrected chi connectivity index (χ1v) is 17.5. The number of pyridine rings is 1. The molecule has 11 heteroatoms. The van der Waals surface area contributed by atoms with Crippen LogP contribution < -0.4 is 11.1 Å². The predicted molar refractivity (Wildman–Crippen MR) is 189 cm³/mol. The zero-order valence-electron chi connectivity index (χ0n) is 28.2. The number of nitrogens with one attached hydrogen (secondary N) is 1. The first kappa shape index (κ1) is 33.4. The largest absolute Gasteiger partial charge is 0.394 e. The Bertz CT molecular complexity index is 1750. The molecular formula is C38H47N7O4. The van der Waals surface area contributed by atoms with Gasteiger partial charge in [0.15, 0.2) is 0 Å². The van der Waals surface area contributed by atoms with E-state index < -0.39 is 6.10 Å². The van der Waals surface area contributed by atoms with Gasteiger partial charge in [-0.25, -0.2) is 4.98 Å². The molecular weight excluding hydrogens is 618 g/mol. The van der Waals surface area contributed by atoms with E-state index in [-0.39, 0.29) is 30.5 Å². The molecule has 5 N–H and O–H groups in total. The third-order valence-corrected chi connectivity index (χ3v) is 10.4. The van der Waals surface area contributed by atoms with E-state index in [2.05, 4.69) is 67.7 Å². The number of hydrogen-bond donors (Lipinski definition) is 4. The van der Waals surface area contributed by atoms with Crippen LogP contribution in [0, 0.1) is 0 Å². The average Bonchev–Trinajstić information content (AvgIpc) is 3.88. The topological polar surface area (TPSA) is 142 Å². The SMILES string of the molecule is Cn1cc(-c2cnc(N)c(C(=O)N[C@H]3CCC[C@@H]3OCc3ccc(-c4ccc5c(c4)CC[C@H]5N4CCN(CC(O)CO)CC4)cc3)c2)cn1. The quantitative estimate of drug-likeness (QED) is 0.189. The second-order valence-electron chi connectivity index (χ2n) is 13.8. The molecule has 49 heavy (non-hydrogen) atoms. The van der Waals surface area contributed by atoms with E-state index in [0.29, 0.717) is 24.8 Å². The standard InChI is InChI=1S/C38H47N7O4/c1-43-21-30(20-41-43)29-18-33(37(39)40-19-29)38(48)42-34-3-2-4-36(34)49-24-25-5-7-26(8-6-25)27-9-11-32-28(17-27)10-12-35(32)45-15-13-44(14-16-45)22-31(47)23-46/h5-9,11,17-21,31,34-36,46-47H,2-4,10,12-16,22-24H2,1H3,(H2,39,40)(H,42,48)/t31?,34-,35+,36-/m0/s1. The second kappa shape index (κ2) is 14.8. The summed E-state index contributed by atoms with van der Waals surface area (Å²) in [5.74, 6) is -0.0331. The van der Waals surface area contributed by atoms with Crippen LogP contribution in [-0.2, 0) is 24.8 Å². The van der Waals surface area contributed by atoms with Crippen molar-refractivity contribution < 1.29 is 19.7 Å². The molecule has 11 nitrogen and oxygen atoms in total. The zero-order valence-corrected chi connectivity index (χ0v) is 28.2. The highest BCUT2D eigenvalue weighted by atomic mass is 16.5. The highest BCUT2D eigenvalue weighted by Gasteiger charge is 2.32. The number of benzene rings is 2. The van der Waals surface area contributed by atoms with Gasteiger partial charge in [0.25, 0.3) is 5.91 Å². The number of hydrogen-bond acceptors (Lipinski definition) is 9. The molecule has 258 valence electrons. The van der Waals surface area contributed by atoms with Crippen LogP contribution in [0.3, 0.4) is 0 Å². The molecule has 7 rings (SSSR count). The molecule has 0 bridgehead atoms. The predicted octanol–water partition coefficient (Wildman–Crippen LogP) is 3.56. The summed E-state index contributed by atoms with van der Waals surface area (Å²) < 4.78 is 8.08. The fraction of sp³-hybridized carbons (Fsp3) is 0.447. The summed E-state index contributed by atoms with van der Waals surface area (Å²) in [6.07, 6.45) is 9.51. The minimum atomic E-state index is -0.662. The number of piperazine rings is 1. The lowest BCUT2D eigenvalue weighted by Crippen LogP contribution is -2.49. The molecule has 2 aromatic carbocycles. The Morgan fingerprint density at radius 3 is 2.55 bits per heavy atom. The van der Waals surface area contributed by atoms with Crippen molar-refractivity contribution >= 4 is 11.7 Å². The minimum Gasteiger partial charge on any atom is -0.394 e. The number of aryl methyl sites for hydroxylation is 2. The number of nitrogen functional groups attached to an aromatic ring is 1. The lowest BCUT2D eigenvalue weighted by atomic mass is 9.98. The summed E-state index contributed by atoms with van der Waals surface area (Å²) in [6, 6.07) is 17.7. The van der Waals surface area contributed by atoms with Crippen molar-refractivity contribution in [3.63, 3.8) is 0 Å². The number of nitrogens with two attached hydrogens (primary N) is 1. The van der Waals surface area contributed by atoms with E-state index in [1.54, 1.807) is 23.1 Å². The molecule has 4 aromatic rings. The Labute approximate surface area is 287 Å². The van der Waals surface area contributed by atoms with Crippen LogP contribution in [0.15, 0.2) is 67.1 Å². The fourth-order valence-electron chi connectivity index (χ4n) is 7.69. The van der Waals surface area contributed by atoms with Gasteiger partial charge in [-0.05, 0) is 66.0 Å². The number of carbonyl (C=O) groups is 1. The third-order valence-electron chi connectivity index (χ3n) is 10.4. The van der Waals surface area contributed by atoms with Crippen molar-refractivity contribution in [2.45, 2.75) is 63.0 Å². The maximum Gasteiger partial charge on any atom is 0.255 e. The van der Waals surface area contributed by atoms with Crippen molar-refractivity contribution in [1.29, 1.82) is 0 Å². The number of β-amino-alcohol motifs (C(OH)–C–C–N with tert-alkyl or cyclic N) is 1. The summed E-state index contributed by atoms with van der Waals surface area (Å²) >= 11 is 0. The summed E-state index contributed by atoms with van der Waals surface area (Å²) in [4.78, 5) is 22.4. The van der Waals surface area contributed by atoms with E-state index in [1.165, 1.54) is 22.3 Å². The summed E-state index contributed by atoms with van der Waals surface area (Å²) in [6.45, 7) is 4.63. The van der Waals surface area contributed by atoms with Gasteiger partial charge in [-0.15, -0.1) is 0 Å². The molecule has 2 aromatic heterocycles. The number of nitrogens with zero attached hydrogens (tertiary/aromatic N) is 5. The maximum atomic E-state index is 13.3. The van der Waals surface area contributed by atoms with Gasteiger partial charge in [0.2, 0.25) is 0 Å². The molecule has 1 aliphatic heterocycles. The van der Waals surface area contributed by atoms with Crippen LogP contribution in [0.4, 0.5) is 5.82 Å². The van der Waals surface area contributed by atoms with Crippen LogP contribution in [-0.4, -0.2) is 98.3 Å². The highest BCUT2D eigenvalue weighted by molar-refractivity contribution is 5.99. The molecule has 1 unspecified atom stereocenters. The Balaban J connectivity index is 0.926. The Morgan fingerprint density at radius 2 is 1.80 bits per heavy atom. The van der Waals surface area contributed by atoms with Crippen LogP contribution >= 0.6 is 0 Å². The van der Waals surface area contributed by atoms with Gasteiger partial charge in [-0.1, -0.05) is 42.5 Å². The Morgan fingerprint density at radius 1 is 1.00 bits per heavy atom. The van der Waals surface area contributed by atoms with Gasteiger partial charge in [-0.3, -0.25) is 19.3 Å². The van der Waals surface area contributed by atoms with Gasteiger partial charge in [0.05, 0.1) is 43.2 Å². The van der Waals surface area contributed by atoms with Crippen LogP contribution in [0.25, 0.3) is 22.3 Å². The van der Waals surface area contributed by atoms with Crippen LogP contribution in [0.2, 0.25) is 0 Å². The number of aromatic nitrogens is 3. The molecule has 2 fully saturated rings. The van der Waals surface area contributed by atoms with E-state index in [1.807, 2.05) is 13.2 Å². The third kappa shape index (κ3) is 7.56. The maximum absolute atomic E-state index is 13.3. The smallest absolute Gasteiger partial charge is 0.255 e. The number of carbonyl (C=O) groups excluding carboxylic acids is 1. The Hall–Kier alpha value is -4.13. The summed E-state index contributed by atoms with van der Waals surface area (Å²) in [5, 5.41) is 26.4. The molecule has 0 spiro atoms. The zero-order chi connectivity index (χ0) is 33.9. The fourth-order valence-corrected chi connectivity index (χ4v) is 7.69. The molecule has 1 amide bonds. The van der Waals surface area contributed by atoms with E-state index in [4.69, 9.17) is 10.5 Å². The molecule has 3 heterocycles. The van der Waals surface area contributed by atoms with Gasteiger partial charge in [0.1, 0.15) is 5.82 Å². The molecule has 4 atom stereocenters. The molecule has 0 radical (unpaired) electrons. The lowest BCUT2D eigenvalue weighted by Gasteiger charge is -2.38. The van der Waals surface area contributed by atoms with Crippen molar-refractivity contribution in [1.82, 2.24) is 29.9 Å². The number of amides is 1. The number of rotatable bonds is 11. The average molecular weight is 666 g/mol. The summed E-state index contributed by atoms with van der Waals surface area (Å²) in [5.41, 5.74) is 14.5. The number of ether oxygens (including phenoxy) is 1. The Kier molecular flexibility index (Phi) is 10.1. The van der Waals surface area contributed by atoms with Crippen molar-refractivity contribution in [2.75, 3.05) is 45.1 Å². The minimum absolute atomic E-state index is 0.0703.